The van der Waals surface area contributed by atoms with Crippen LogP contribution in [0.1, 0.15) is 5.56 Å². The van der Waals surface area contributed by atoms with E-state index in [0.29, 0.717) is 17.1 Å². The molecule has 9 heteroatoms. The van der Waals surface area contributed by atoms with Gasteiger partial charge in [-0.1, -0.05) is 12.1 Å². The fourth-order valence-corrected chi connectivity index (χ4v) is 3.54. The molecule has 0 aromatic heterocycles. The number of nitrogens with zero attached hydrogens (tertiary/aromatic N) is 1. The number of anilines is 1. The fraction of sp³-hybridized carbons (Fsp3) is 0.105. The van der Waals surface area contributed by atoms with Crippen LogP contribution in [-0.2, 0) is 9.59 Å². The summed E-state index contributed by atoms with van der Waals surface area (Å²) in [5.74, 6) is -0.503. The van der Waals surface area contributed by atoms with Gasteiger partial charge in [-0.05, 0) is 53.7 Å². The summed E-state index contributed by atoms with van der Waals surface area (Å²) in [6, 6.07) is 10.5. The normalized spacial score (nSPS) is 16.8. The lowest BCUT2D eigenvalue weighted by atomic mass is 10.2. The monoisotopic (exact) mass is 400 g/mol. The maximum Gasteiger partial charge on any atom is 0.294 e. The Kier molecular flexibility index (Phi) is 4.74. The highest BCUT2D eigenvalue weighted by Gasteiger charge is 2.36. The first-order valence-electron chi connectivity index (χ1n) is 8.20. The number of amides is 3. The molecule has 142 valence electrons. The van der Waals surface area contributed by atoms with Crippen molar-refractivity contribution in [1.82, 2.24) is 4.90 Å². The van der Waals surface area contributed by atoms with E-state index in [0.717, 1.165) is 22.7 Å². The number of ether oxygens (including phenoxy) is 2. The minimum absolute atomic E-state index is 0.135. The van der Waals surface area contributed by atoms with Crippen molar-refractivity contribution in [2.45, 2.75) is 0 Å². The zero-order valence-corrected chi connectivity index (χ0v) is 15.1. The topological polar surface area (TPSA) is 84.9 Å². The van der Waals surface area contributed by atoms with Gasteiger partial charge in [0.25, 0.3) is 11.1 Å². The Bertz CT molecular complexity index is 1020. The van der Waals surface area contributed by atoms with Gasteiger partial charge in [0.2, 0.25) is 12.7 Å². The van der Waals surface area contributed by atoms with E-state index >= 15 is 0 Å². The second kappa shape index (κ2) is 7.35. The Morgan fingerprint density at radius 3 is 2.82 bits per heavy atom. The van der Waals surface area contributed by atoms with Crippen LogP contribution in [0.25, 0.3) is 6.08 Å². The van der Waals surface area contributed by atoms with Crippen LogP contribution in [0.4, 0.5) is 14.9 Å². The Morgan fingerprint density at radius 2 is 2.00 bits per heavy atom. The molecule has 2 aromatic rings. The van der Waals surface area contributed by atoms with Crippen LogP contribution in [0.3, 0.4) is 0 Å². The number of rotatable bonds is 4. The van der Waals surface area contributed by atoms with Crippen LogP contribution in [0.5, 0.6) is 11.5 Å². The standard InChI is InChI=1S/C19H13FN2O5S/c20-12-2-1-3-13(8-12)21-17(23)9-22-18(24)16(28-19(22)25)7-11-4-5-14-15(6-11)27-10-26-14/h1-8H,9-10H2,(H,21,23)/b16-7+. The summed E-state index contributed by atoms with van der Waals surface area (Å²) in [4.78, 5) is 37.8. The van der Waals surface area contributed by atoms with Gasteiger partial charge >= 0.3 is 0 Å². The van der Waals surface area contributed by atoms with Crippen molar-refractivity contribution in [3.05, 3.63) is 58.8 Å². The molecule has 2 aliphatic rings. The van der Waals surface area contributed by atoms with Crippen LogP contribution in [0.15, 0.2) is 47.4 Å². The molecule has 0 atom stereocenters. The van der Waals surface area contributed by atoms with E-state index in [-0.39, 0.29) is 17.4 Å². The van der Waals surface area contributed by atoms with E-state index < -0.39 is 29.4 Å². The first-order chi connectivity index (χ1) is 13.5. The number of thioether (sulfide) groups is 1. The Labute approximate surface area is 163 Å². The average Bonchev–Trinajstić information content (AvgIpc) is 3.21. The highest BCUT2D eigenvalue weighted by molar-refractivity contribution is 8.18. The molecule has 7 nitrogen and oxygen atoms in total. The molecule has 0 unspecified atom stereocenters. The molecule has 4 rings (SSSR count). The van der Waals surface area contributed by atoms with Crippen molar-refractivity contribution in [1.29, 1.82) is 0 Å². The molecule has 0 spiro atoms. The van der Waals surface area contributed by atoms with Crippen molar-refractivity contribution in [2.24, 2.45) is 0 Å². The van der Waals surface area contributed by atoms with Crippen molar-refractivity contribution < 1.29 is 28.2 Å². The SMILES string of the molecule is O=C(CN1C(=O)S/C(=C/c2ccc3c(c2)OCO3)C1=O)Nc1cccc(F)c1. The molecule has 1 saturated heterocycles. The number of hydrogen-bond acceptors (Lipinski definition) is 6. The van der Waals surface area contributed by atoms with E-state index in [2.05, 4.69) is 5.32 Å². The molecule has 1 N–H and O–H groups in total. The van der Waals surface area contributed by atoms with Gasteiger partial charge in [0.15, 0.2) is 11.5 Å². The number of halogens is 1. The molecule has 28 heavy (non-hydrogen) atoms. The summed E-state index contributed by atoms with van der Waals surface area (Å²) < 4.78 is 23.7. The van der Waals surface area contributed by atoms with E-state index in [1.807, 2.05) is 0 Å². The molecule has 3 amide bonds. The summed E-state index contributed by atoms with van der Waals surface area (Å²) in [6.07, 6.45) is 1.55. The Balaban J connectivity index is 1.45. The molecule has 2 aromatic carbocycles. The first-order valence-corrected chi connectivity index (χ1v) is 9.02. The number of hydrogen-bond donors (Lipinski definition) is 1. The van der Waals surface area contributed by atoms with Crippen molar-refractivity contribution in [3.63, 3.8) is 0 Å². The van der Waals surface area contributed by atoms with Crippen molar-refractivity contribution in [3.8, 4) is 11.5 Å². The predicted molar refractivity (Wildman–Crippen MR) is 100 cm³/mol. The zero-order chi connectivity index (χ0) is 19.7. The first kappa shape index (κ1) is 18.1. The van der Waals surface area contributed by atoms with Gasteiger partial charge < -0.3 is 14.8 Å². The molecule has 1 fully saturated rings. The van der Waals surface area contributed by atoms with Crippen LogP contribution < -0.4 is 14.8 Å². The molecule has 0 bridgehead atoms. The smallest absolute Gasteiger partial charge is 0.294 e. The van der Waals surface area contributed by atoms with E-state index in [9.17, 15) is 18.8 Å². The van der Waals surface area contributed by atoms with E-state index in [4.69, 9.17) is 9.47 Å². The summed E-state index contributed by atoms with van der Waals surface area (Å²) in [5.41, 5.74) is 0.909. The quantitative estimate of drug-likeness (QED) is 0.794. The second-order valence-electron chi connectivity index (χ2n) is 5.94. The van der Waals surface area contributed by atoms with Crippen LogP contribution in [-0.4, -0.2) is 35.3 Å². The molecular formula is C19H13FN2O5S. The molecule has 0 aliphatic carbocycles. The summed E-state index contributed by atoms with van der Waals surface area (Å²) in [6.45, 7) is -0.324. The Hall–Kier alpha value is -3.33. The third-order valence-electron chi connectivity index (χ3n) is 3.98. The number of carbonyl (C=O) groups excluding carboxylic acids is 3. The highest BCUT2D eigenvalue weighted by Crippen LogP contribution is 2.36. The maximum absolute atomic E-state index is 13.2. The van der Waals surface area contributed by atoms with Crippen LogP contribution >= 0.6 is 11.8 Å². The number of imide groups is 1. The van der Waals surface area contributed by atoms with Gasteiger partial charge in [-0.25, -0.2) is 4.39 Å². The van der Waals surface area contributed by atoms with Gasteiger partial charge in [0, 0.05) is 5.69 Å². The van der Waals surface area contributed by atoms with Gasteiger partial charge in [-0.15, -0.1) is 0 Å². The van der Waals surface area contributed by atoms with Crippen LogP contribution in [0.2, 0.25) is 0 Å². The number of fused-ring (bicyclic) bond motifs is 1. The van der Waals surface area contributed by atoms with Gasteiger partial charge in [0.05, 0.1) is 4.91 Å². The van der Waals surface area contributed by atoms with Crippen molar-refractivity contribution >= 4 is 40.6 Å². The molecular weight excluding hydrogens is 387 g/mol. The van der Waals surface area contributed by atoms with E-state index in [1.54, 1.807) is 24.3 Å². The fourth-order valence-electron chi connectivity index (χ4n) is 2.70. The Morgan fingerprint density at radius 1 is 1.18 bits per heavy atom. The lowest BCUT2D eigenvalue weighted by Crippen LogP contribution is -2.36. The average molecular weight is 400 g/mol. The summed E-state index contributed by atoms with van der Waals surface area (Å²) >= 11 is 0.747. The minimum atomic E-state index is -0.600. The zero-order valence-electron chi connectivity index (χ0n) is 14.3. The summed E-state index contributed by atoms with van der Waals surface area (Å²) in [7, 11) is 0. The predicted octanol–water partition coefficient (Wildman–Crippen LogP) is 3.23. The van der Waals surface area contributed by atoms with Crippen LogP contribution in [0, 0.1) is 5.82 Å². The maximum atomic E-state index is 13.2. The summed E-state index contributed by atoms with van der Waals surface area (Å²) in [5, 5.41) is 1.91. The number of benzene rings is 2. The molecule has 2 aliphatic heterocycles. The molecule has 0 saturated carbocycles. The van der Waals surface area contributed by atoms with Gasteiger partial charge in [-0.3, -0.25) is 19.3 Å². The molecule has 0 radical (unpaired) electrons. The third kappa shape index (κ3) is 3.70. The lowest BCUT2D eigenvalue weighted by molar-refractivity contribution is -0.127. The van der Waals surface area contributed by atoms with Crippen molar-refractivity contribution in [2.75, 3.05) is 18.7 Å². The number of carbonyl (C=O) groups is 3. The van der Waals surface area contributed by atoms with Gasteiger partial charge in [0.1, 0.15) is 12.4 Å². The largest absolute Gasteiger partial charge is 0.454 e. The second-order valence-corrected chi connectivity index (χ2v) is 6.93. The minimum Gasteiger partial charge on any atom is -0.454 e. The number of nitrogens with one attached hydrogen (secondary N) is 1. The third-order valence-corrected chi connectivity index (χ3v) is 4.89. The highest BCUT2D eigenvalue weighted by atomic mass is 32.2. The van der Waals surface area contributed by atoms with E-state index in [1.165, 1.54) is 18.2 Å². The molecule has 2 heterocycles. The lowest BCUT2D eigenvalue weighted by Gasteiger charge is -2.12. The van der Waals surface area contributed by atoms with Gasteiger partial charge in [-0.2, -0.15) is 0 Å².